The maximum Gasteiger partial charge on any atom is 0.297 e. The minimum Gasteiger partial charge on any atom is -0.388 e. The van der Waals surface area contributed by atoms with Crippen molar-refractivity contribution < 1.29 is 17.7 Å². The summed E-state index contributed by atoms with van der Waals surface area (Å²) in [5.41, 5.74) is 3.89. The Morgan fingerprint density at radius 2 is 1.58 bits per heavy atom. The average Bonchev–Trinajstić information content (AvgIpc) is 3.16. The molecule has 0 amide bonds. The second-order valence-electron chi connectivity index (χ2n) is 7.76. The van der Waals surface area contributed by atoms with Crippen molar-refractivity contribution in [1.82, 2.24) is 4.57 Å². The predicted molar refractivity (Wildman–Crippen MR) is 122 cm³/mol. The molecule has 1 N–H and O–H groups in total. The van der Waals surface area contributed by atoms with Crippen LogP contribution in [0.5, 0.6) is 0 Å². The van der Waals surface area contributed by atoms with Crippen molar-refractivity contribution in [3.63, 3.8) is 0 Å². The summed E-state index contributed by atoms with van der Waals surface area (Å²) in [6.45, 7) is 3.54. The summed E-state index contributed by atoms with van der Waals surface area (Å²) < 4.78 is 32.5. The number of aliphatic hydroxyl groups excluding tert-OH is 1. The summed E-state index contributed by atoms with van der Waals surface area (Å²) in [6, 6.07) is 23.6. The average molecular weight is 436 g/mol. The van der Waals surface area contributed by atoms with Gasteiger partial charge >= 0.3 is 0 Å². The molecule has 31 heavy (non-hydrogen) atoms. The fourth-order valence-corrected chi connectivity index (χ4v) is 4.67. The molecule has 3 aromatic carbocycles. The van der Waals surface area contributed by atoms with E-state index in [1.54, 1.807) is 12.1 Å². The van der Waals surface area contributed by atoms with Gasteiger partial charge in [-0.15, -0.1) is 0 Å². The second kappa shape index (κ2) is 8.67. The van der Waals surface area contributed by atoms with Gasteiger partial charge in [-0.25, -0.2) is 0 Å². The molecule has 0 aliphatic carbocycles. The zero-order valence-corrected chi connectivity index (χ0v) is 18.3. The smallest absolute Gasteiger partial charge is 0.297 e. The van der Waals surface area contributed by atoms with E-state index < -0.39 is 22.3 Å². The van der Waals surface area contributed by atoms with E-state index >= 15 is 0 Å². The fourth-order valence-electron chi connectivity index (χ4n) is 3.74. The van der Waals surface area contributed by atoms with Crippen molar-refractivity contribution in [2.45, 2.75) is 30.9 Å². The highest BCUT2D eigenvalue weighted by Crippen LogP contribution is 2.29. The van der Waals surface area contributed by atoms with E-state index in [1.165, 1.54) is 12.1 Å². The van der Waals surface area contributed by atoms with Crippen LogP contribution in [0, 0.1) is 13.8 Å². The maximum absolute atomic E-state index is 12.6. The molecule has 0 aliphatic rings. The molecule has 0 fully saturated rings. The summed E-state index contributed by atoms with van der Waals surface area (Å²) in [6.07, 6.45) is 0.832. The summed E-state index contributed by atoms with van der Waals surface area (Å²) in [5, 5.41) is 12.2. The van der Waals surface area contributed by atoms with Gasteiger partial charge in [0.05, 0.1) is 17.5 Å². The molecule has 6 heteroatoms. The molecule has 0 spiro atoms. The summed E-state index contributed by atoms with van der Waals surface area (Å²) in [4.78, 5) is 0.0728. The number of aromatic nitrogens is 1. The van der Waals surface area contributed by atoms with E-state index in [-0.39, 0.29) is 11.5 Å². The Morgan fingerprint density at radius 1 is 0.903 bits per heavy atom. The first kappa shape index (κ1) is 21.3. The molecule has 0 saturated carbocycles. The Kier molecular flexibility index (Phi) is 5.96. The van der Waals surface area contributed by atoms with Crippen LogP contribution in [0.15, 0.2) is 90.0 Å². The number of hydrogen-bond acceptors (Lipinski definition) is 4. The van der Waals surface area contributed by atoms with Gasteiger partial charge < -0.3 is 9.67 Å². The highest BCUT2D eigenvalue weighted by molar-refractivity contribution is 7.86. The van der Waals surface area contributed by atoms with Crippen LogP contribution in [-0.4, -0.2) is 30.8 Å². The third-order valence-electron chi connectivity index (χ3n) is 5.39. The Labute approximate surface area is 182 Å². The molecule has 0 radical (unpaired) electrons. The molecule has 160 valence electrons. The predicted octanol–water partition coefficient (Wildman–Crippen LogP) is 4.61. The highest BCUT2D eigenvalue weighted by Gasteiger charge is 2.27. The van der Waals surface area contributed by atoms with Crippen LogP contribution >= 0.6 is 0 Å². The van der Waals surface area contributed by atoms with Crippen molar-refractivity contribution >= 4 is 21.0 Å². The third kappa shape index (κ3) is 4.56. The normalized spacial score (nSPS) is 13.9. The van der Waals surface area contributed by atoms with Crippen molar-refractivity contribution in [3.05, 3.63) is 102 Å². The number of fused-ring (bicyclic) bond motifs is 1. The van der Waals surface area contributed by atoms with Gasteiger partial charge in [0, 0.05) is 11.7 Å². The molecule has 5 nitrogen and oxygen atoms in total. The minimum atomic E-state index is -3.98. The van der Waals surface area contributed by atoms with Gasteiger partial charge in [-0.3, -0.25) is 4.18 Å². The summed E-state index contributed by atoms with van der Waals surface area (Å²) >= 11 is 0. The monoisotopic (exact) mass is 435 g/mol. The van der Waals surface area contributed by atoms with Crippen molar-refractivity contribution in [3.8, 4) is 0 Å². The first-order valence-electron chi connectivity index (χ1n) is 10.1. The van der Waals surface area contributed by atoms with E-state index in [1.807, 2.05) is 73.1 Å². The Balaban J connectivity index is 1.66. The van der Waals surface area contributed by atoms with Crippen LogP contribution in [-0.2, 0) is 14.3 Å². The largest absolute Gasteiger partial charge is 0.388 e. The molecule has 4 rings (SSSR count). The van der Waals surface area contributed by atoms with Crippen LogP contribution < -0.4 is 0 Å². The molecule has 0 aliphatic heterocycles. The molecule has 2 atom stereocenters. The van der Waals surface area contributed by atoms with Gasteiger partial charge in [0.1, 0.15) is 6.10 Å². The standard InChI is InChI=1S/C25H25NO4S/c1-18-9-12-22(13-10-18)31(28,29)30-17-24(27)25(21-6-4-3-5-7-21)26-15-14-20-11-8-19(2)16-23(20)26/h3-16,24-25,27H,17H2,1-2H3/t24-,25+/m1/s1. The Morgan fingerprint density at radius 3 is 2.29 bits per heavy atom. The molecule has 1 heterocycles. The number of benzene rings is 3. The molecule has 0 saturated heterocycles. The lowest BCUT2D eigenvalue weighted by molar-refractivity contribution is 0.0785. The topological polar surface area (TPSA) is 68.5 Å². The fraction of sp³-hybridized carbons (Fsp3) is 0.200. The first-order chi connectivity index (χ1) is 14.8. The summed E-state index contributed by atoms with van der Waals surface area (Å²) in [5.74, 6) is 0. The van der Waals surface area contributed by atoms with Crippen LogP contribution in [0.4, 0.5) is 0 Å². The molecule has 1 aromatic heterocycles. The van der Waals surface area contributed by atoms with Crippen LogP contribution in [0.3, 0.4) is 0 Å². The summed E-state index contributed by atoms with van der Waals surface area (Å²) in [7, 11) is -3.98. The number of aryl methyl sites for hydroxylation is 2. The molecule has 0 unspecified atom stereocenters. The Bertz CT molecular complexity index is 1280. The minimum absolute atomic E-state index is 0.0728. The van der Waals surface area contributed by atoms with Gasteiger partial charge in [0.25, 0.3) is 10.1 Å². The highest BCUT2D eigenvalue weighted by atomic mass is 32.2. The van der Waals surface area contributed by atoms with E-state index in [4.69, 9.17) is 4.18 Å². The quantitative estimate of drug-likeness (QED) is 0.430. The SMILES string of the molecule is Cc1ccc(S(=O)(=O)OC[C@@H](O)[C@H](c2ccccc2)n2ccc3ccc(C)cc32)cc1. The number of aliphatic hydroxyl groups is 1. The van der Waals surface area contributed by atoms with Gasteiger partial charge in [0.15, 0.2) is 0 Å². The third-order valence-corrected chi connectivity index (χ3v) is 6.68. The van der Waals surface area contributed by atoms with E-state index in [9.17, 15) is 13.5 Å². The van der Waals surface area contributed by atoms with Crippen molar-refractivity contribution in [1.29, 1.82) is 0 Å². The lowest BCUT2D eigenvalue weighted by Crippen LogP contribution is -2.30. The van der Waals surface area contributed by atoms with Crippen LogP contribution in [0.25, 0.3) is 10.9 Å². The maximum atomic E-state index is 12.6. The molecule has 4 aromatic rings. The Hall–Kier alpha value is -2.93. The van der Waals surface area contributed by atoms with Crippen molar-refractivity contribution in [2.24, 2.45) is 0 Å². The zero-order valence-electron chi connectivity index (χ0n) is 17.5. The molecule has 0 bridgehead atoms. The lowest BCUT2D eigenvalue weighted by atomic mass is 10.0. The number of nitrogens with zero attached hydrogens (tertiary/aromatic N) is 1. The van der Waals surface area contributed by atoms with E-state index in [2.05, 4.69) is 6.07 Å². The second-order valence-corrected chi connectivity index (χ2v) is 9.38. The van der Waals surface area contributed by atoms with Gasteiger partial charge in [-0.1, -0.05) is 60.2 Å². The van der Waals surface area contributed by atoms with E-state index in [0.717, 1.165) is 27.6 Å². The van der Waals surface area contributed by atoms with Crippen molar-refractivity contribution in [2.75, 3.05) is 6.61 Å². The van der Waals surface area contributed by atoms with Crippen LogP contribution in [0.1, 0.15) is 22.7 Å². The number of hydrogen-bond donors (Lipinski definition) is 1. The zero-order chi connectivity index (χ0) is 22.0. The first-order valence-corrected chi connectivity index (χ1v) is 11.5. The van der Waals surface area contributed by atoms with Gasteiger partial charge in [0.2, 0.25) is 0 Å². The van der Waals surface area contributed by atoms with Crippen LogP contribution in [0.2, 0.25) is 0 Å². The molecular weight excluding hydrogens is 410 g/mol. The van der Waals surface area contributed by atoms with Gasteiger partial charge in [-0.2, -0.15) is 8.42 Å². The lowest BCUT2D eigenvalue weighted by Gasteiger charge is -2.26. The van der Waals surface area contributed by atoms with E-state index in [0.29, 0.717) is 0 Å². The van der Waals surface area contributed by atoms with Gasteiger partial charge in [-0.05, 0) is 54.6 Å². The number of rotatable bonds is 7. The molecular formula is C25H25NO4S.